The summed E-state index contributed by atoms with van der Waals surface area (Å²) in [6.07, 6.45) is 4.20. The minimum atomic E-state index is 1.03. The SMILES string of the molecule is CC.CC1CCC1C.CCC. The minimum Gasteiger partial charge on any atom is -0.0683 e. The van der Waals surface area contributed by atoms with Crippen LogP contribution in [0.5, 0.6) is 0 Å². The molecule has 0 spiro atoms. The Labute approximate surface area is 73.4 Å². The highest BCUT2D eigenvalue weighted by atomic mass is 14.3. The molecule has 0 N–H and O–H groups in total. The number of hydrogen-bond acceptors (Lipinski definition) is 0. The Morgan fingerprint density at radius 2 is 1.09 bits per heavy atom. The fourth-order valence-electron chi connectivity index (χ4n) is 0.833. The van der Waals surface area contributed by atoms with E-state index in [-0.39, 0.29) is 0 Å². The quantitative estimate of drug-likeness (QED) is 0.487. The first-order valence-corrected chi connectivity index (χ1v) is 5.22. The van der Waals surface area contributed by atoms with Crippen LogP contribution >= 0.6 is 0 Å². The van der Waals surface area contributed by atoms with Crippen LogP contribution in [-0.2, 0) is 0 Å². The second-order valence-electron chi connectivity index (χ2n) is 3.24. The molecule has 0 heterocycles. The van der Waals surface area contributed by atoms with Crippen molar-refractivity contribution in [3.8, 4) is 0 Å². The molecular weight excluding hydrogens is 132 g/mol. The van der Waals surface area contributed by atoms with E-state index >= 15 is 0 Å². The van der Waals surface area contributed by atoms with Gasteiger partial charge in [-0.25, -0.2) is 0 Å². The van der Waals surface area contributed by atoms with Gasteiger partial charge in [-0.05, 0) is 11.8 Å². The average molecular weight is 158 g/mol. The van der Waals surface area contributed by atoms with Gasteiger partial charge in [-0.3, -0.25) is 0 Å². The molecular formula is C11H26. The Balaban J connectivity index is 0. The summed E-state index contributed by atoms with van der Waals surface area (Å²) in [4.78, 5) is 0. The lowest BCUT2D eigenvalue weighted by Crippen LogP contribution is -2.18. The van der Waals surface area contributed by atoms with Crippen LogP contribution in [0.2, 0.25) is 0 Å². The van der Waals surface area contributed by atoms with Gasteiger partial charge in [-0.1, -0.05) is 60.8 Å². The molecule has 2 atom stereocenters. The molecule has 0 amide bonds. The zero-order valence-corrected chi connectivity index (χ0v) is 9.28. The molecule has 0 aromatic carbocycles. The van der Waals surface area contributed by atoms with Crippen LogP contribution < -0.4 is 0 Å². The van der Waals surface area contributed by atoms with Crippen LogP contribution in [0.4, 0.5) is 0 Å². The maximum atomic E-state index is 2.33. The van der Waals surface area contributed by atoms with Crippen molar-refractivity contribution in [3.05, 3.63) is 0 Å². The van der Waals surface area contributed by atoms with Crippen LogP contribution in [0.1, 0.15) is 60.8 Å². The van der Waals surface area contributed by atoms with Crippen LogP contribution in [0, 0.1) is 11.8 Å². The van der Waals surface area contributed by atoms with E-state index in [2.05, 4.69) is 27.7 Å². The van der Waals surface area contributed by atoms with E-state index in [1.165, 1.54) is 19.3 Å². The van der Waals surface area contributed by atoms with Gasteiger partial charge in [0.05, 0.1) is 0 Å². The third kappa shape index (κ3) is 7.90. The van der Waals surface area contributed by atoms with E-state index in [4.69, 9.17) is 0 Å². The topological polar surface area (TPSA) is 0 Å². The first kappa shape index (κ1) is 13.6. The molecule has 0 bridgehead atoms. The highest BCUT2D eigenvalue weighted by molar-refractivity contribution is 4.71. The van der Waals surface area contributed by atoms with Gasteiger partial charge in [-0.15, -0.1) is 0 Å². The fraction of sp³-hybridized carbons (Fsp3) is 1.00. The second-order valence-corrected chi connectivity index (χ2v) is 3.24. The first-order chi connectivity index (χ1) is 5.22. The molecule has 1 fully saturated rings. The molecule has 1 rings (SSSR count). The van der Waals surface area contributed by atoms with Gasteiger partial charge in [0, 0.05) is 0 Å². The van der Waals surface area contributed by atoms with Crippen LogP contribution in [0.25, 0.3) is 0 Å². The molecule has 0 saturated heterocycles. The van der Waals surface area contributed by atoms with E-state index in [1.807, 2.05) is 13.8 Å². The van der Waals surface area contributed by atoms with Gasteiger partial charge in [0.2, 0.25) is 0 Å². The van der Waals surface area contributed by atoms with E-state index < -0.39 is 0 Å². The Kier molecular flexibility index (Phi) is 12.3. The summed E-state index contributed by atoms with van der Waals surface area (Å²) in [5, 5.41) is 0. The van der Waals surface area contributed by atoms with Crippen LogP contribution in [0.3, 0.4) is 0 Å². The Bertz CT molecular complexity index is 49.1. The molecule has 0 nitrogen and oxygen atoms in total. The predicted molar refractivity (Wildman–Crippen MR) is 54.9 cm³/mol. The maximum absolute atomic E-state index is 2.33. The van der Waals surface area contributed by atoms with Gasteiger partial charge in [0.1, 0.15) is 0 Å². The predicted octanol–water partition coefficient (Wildman–Crippen LogP) is 4.49. The van der Waals surface area contributed by atoms with E-state index in [0.717, 1.165) is 11.8 Å². The summed E-state index contributed by atoms with van der Waals surface area (Å²) >= 11 is 0. The second kappa shape index (κ2) is 10.0. The highest BCUT2D eigenvalue weighted by Crippen LogP contribution is 2.32. The summed E-state index contributed by atoms with van der Waals surface area (Å²) in [6, 6.07) is 0. The third-order valence-corrected chi connectivity index (χ3v) is 2.05. The smallest absolute Gasteiger partial charge is 0.0417 e. The van der Waals surface area contributed by atoms with Crippen molar-refractivity contribution >= 4 is 0 Å². The molecule has 1 aliphatic carbocycles. The lowest BCUT2D eigenvalue weighted by Gasteiger charge is -2.29. The molecule has 0 radical (unpaired) electrons. The van der Waals surface area contributed by atoms with Crippen molar-refractivity contribution in [1.29, 1.82) is 0 Å². The fourth-order valence-corrected chi connectivity index (χ4v) is 0.833. The van der Waals surface area contributed by atoms with Crippen LogP contribution in [-0.4, -0.2) is 0 Å². The zero-order chi connectivity index (χ0) is 9.28. The molecule has 0 aromatic rings. The summed E-state index contributed by atoms with van der Waals surface area (Å²) in [5.74, 6) is 2.06. The van der Waals surface area contributed by atoms with Crippen molar-refractivity contribution in [2.24, 2.45) is 11.8 Å². The third-order valence-electron chi connectivity index (χ3n) is 2.05. The molecule has 0 heteroatoms. The highest BCUT2D eigenvalue weighted by Gasteiger charge is 2.20. The van der Waals surface area contributed by atoms with Gasteiger partial charge in [0.15, 0.2) is 0 Å². The Morgan fingerprint density at radius 1 is 0.909 bits per heavy atom. The molecule has 0 aliphatic heterocycles. The van der Waals surface area contributed by atoms with E-state index in [9.17, 15) is 0 Å². The molecule has 1 saturated carbocycles. The molecule has 70 valence electrons. The van der Waals surface area contributed by atoms with Crippen LogP contribution in [0.15, 0.2) is 0 Å². The lowest BCUT2D eigenvalue weighted by molar-refractivity contribution is 0.219. The van der Waals surface area contributed by atoms with Gasteiger partial charge >= 0.3 is 0 Å². The Morgan fingerprint density at radius 3 is 1.09 bits per heavy atom. The van der Waals surface area contributed by atoms with E-state index in [1.54, 1.807) is 0 Å². The standard InChI is InChI=1S/C6H12.C3H8.C2H6/c1-5-3-4-6(5)2;1-3-2;1-2/h5-6H,3-4H2,1-2H3;3H2,1-2H3;1-2H3. The number of hydrogen-bond donors (Lipinski definition) is 0. The zero-order valence-electron chi connectivity index (χ0n) is 9.28. The Hall–Kier alpha value is 0. The maximum Gasteiger partial charge on any atom is -0.0417 e. The summed E-state index contributed by atoms with van der Waals surface area (Å²) in [5.41, 5.74) is 0. The van der Waals surface area contributed by atoms with Gasteiger partial charge in [-0.2, -0.15) is 0 Å². The molecule has 2 unspecified atom stereocenters. The van der Waals surface area contributed by atoms with Crippen molar-refractivity contribution in [2.45, 2.75) is 60.8 Å². The summed E-state index contributed by atoms with van der Waals surface area (Å²) in [6.45, 7) is 12.9. The normalized spacial score (nSPS) is 26.7. The minimum absolute atomic E-state index is 1.03. The molecule has 1 aliphatic rings. The van der Waals surface area contributed by atoms with E-state index in [0.29, 0.717) is 0 Å². The summed E-state index contributed by atoms with van der Waals surface area (Å²) < 4.78 is 0. The van der Waals surface area contributed by atoms with Crippen molar-refractivity contribution < 1.29 is 0 Å². The van der Waals surface area contributed by atoms with Crippen molar-refractivity contribution in [3.63, 3.8) is 0 Å². The molecule has 0 aromatic heterocycles. The number of rotatable bonds is 0. The van der Waals surface area contributed by atoms with Crippen molar-refractivity contribution in [2.75, 3.05) is 0 Å². The largest absolute Gasteiger partial charge is 0.0683 e. The average Bonchev–Trinajstić information content (AvgIpc) is 2.06. The molecule has 11 heavy (non-hydrogen) atoms. The lowest BCUT2D eigenvalue weighted by atomic mass is 9.77. The monoisotopic (exact) mass is 158 g/mol. The first-order valence-electron chi connectivity index (χ1n) is 5.22. The summed E-state index contributed by atoms with van der Waals surface area (Å²) in [7, 11) is 0. The van der Waals surface area contributed by atoms with Gasteiger partial charge in [0.25, 0.3) is 0 Å². The van der Waals surface area contributed by atoms with Gasteiger partial charge < -0.3 is 0 Å². The van der Waals surface area contributed by atoms with Crippen molar-refractivity contribution in [1.82, 2.24) is 0 Å².